The Bertz CT molecular complexity index is 1180. The average Bonchev–Trinajstić information content (AvgIpc) is 2.81. The first kappa shape index (κ1) is 24.1. The van der Waals surface area contributed by atoms with E-state index in [0.29, 0.717) is 28.3 Å². The zero-order chi connectivity index (χ0) is 23.8. The number of hydrogen-bond donors (Lipinski definition) is 1. The van der Waals surface area contributed by atoms with E-state index in [0.717, 1.165) is 6.26 Å². The van der Waals surface area contributed by atoms with Crippen LogP contribution in [0.4, 0.5) is 10.1 Å². The van der Waals surface area contributed by atoms with Crippen molar-refractivity contribution in [2.75, 3.05) is 30.8 Å². The predicted molar refractivity (Wildman–Crippen MR) is 125 cm³/mol. The van der Waals surface area contributed by atoms with Crippen molar-refractivity contribution in [3.8, 4) is 11.5 Å². The Morgan fingerprint density at radius 3 is 2.21 bits per heavy atom. The maximum atomic E-state index is 13.1. The van der Waals surface area contributed by atoms with E-state index in [-0.39, 0.29) is 25.6 Å². The number of methoxy groups -OCH3 is 1. The predicted octanol–water partition coefficient (Wildman–Crippen LogP) is 3.61. The molecule has 0 aliphatic carbocycles. The van der Waals surface area contributed by atoms with Gasteiger partial charge in [-0.1, -0.05) is 24.3 Å². The second-order valence-corrected chi connectivity index (χ2v) is 9.11. The standard InChI is InChI=1S/C24H25FN2O5S/c1-31-22-5-3-4-6-23(22)32-16-15-26-24(28)19-9-13-21(14-10-19)27(33(2,29)30)17-18-7-11-20(25)12-8-18/h3-14H,15-17H2,1-2H3,(H,26,28). The van der Waals surface area contributed by atoms with Crippen LogP contribution >= 0.6 is 0 Å². The summed E-state index contributed by atoms with van der Waals surface area (Å²) in [5, 5.41) is 2.76. The Labute approximate surface area is 192 Å². The fourth-order valence-electron chi connectivity index (χ4n) is 3.10. The molecule has 0 saturated carbocycles. The van der Waals surface area contributed by atoms with Crippen molar-refractivity contribution in [1.29, 1.82) is 0 Å². The van der Waals surface area contributed by atoms with E-state index < -0.39 is 15.8 Å². The number of para-hydroxylation sites is 2. The van der Waals surface area contributed by atoms with Gasteiger partial charge >= 0.3 is 0 Å². The Kier molecular flexibility index (Phi) is 7.89. The molecule has 3 aromatic carbocycles. The van der Waals surface area contributed by atoms with Crippen LogP contribution in [0.2, 0.25) is 0 Å². The minimum absolute atomic E-state index is 0.0466. The molecular weight excluding hydrogens is 447 g/mol. The zero-order valence-corrected chi connectivity index (χ0v) is 19.1. The van der Waals surface area contributed by atoms with E-state index >= 15 is 0 Å². The number of nitrogens with zero attached hydrogens (tertiary/aromatic N) is 1. The number of benzene rings is 3. The molecule has 33 heavy (non-hydrogen) atoms. The van der Waals surface area contributed by atoms with Crippen LogP contribution in [0.1, 0.15) is 15.9 Å². The average molecular weight is 473 g/mol. The monoisotopic (exact) mass is 472 g/mol. The van der Waals surface area contributed by atoms with Gasteiger partial charge in [-0.2, -0.15) is 0 Å². The van der Waals surface area contributed by atoms with Crippen molar-refractivity contribution in [2.45, 2.75) is 6.54 Å². The number of sulfonamides is 1. The summed E-state index contributed by atoms with van der Waals surface area (Å²) in [6, 6.07) is 19.1. The van der Waals surface area contributed by atoms with Gasteiger partial charge in [0, 0.05) is 5.56 Å². The highest BCUT2D eigenvalue weighted by molar-refractivity contribution is 7.92. The third kappa shape index (κ3) is 6.69. The van der Waals surface area contributed by atoms with Crippen LogP contribution in [0, 0.1) is 5.82 Å². The van der Waals surface area contributed by atoms with Gasteiger partial charge in [0.1, 0.15) is 12.4 Å². The van der Waals surface area contributed by atoms with Crippen LogP contribution in [0.15, 0.2) is 72.8 Å². The molecule has 3 aromatic rings. The Morgan fingerprint density at radius 1 is 0.970 bits per heavy atom. The molecule has 0 spiro atoms. The van der Waals surface area contributed by atoms with E-state index in [4.69, 9.17) is 9.47 Å². The lowest BCUT2D eigenvalue weighted by Gasteiger charge is -2.22. The summed E-state index contributed by atoms with van der Waals surface area (Å²) in [4.78, 5) is 12.4. The first-order valence-electron chi connectivity index (χ1n) is 10.1. The van der Waals surface area contributed by atoms with Crippen molar-refractivity contribution in [3.63, 3.8) is 0 Å². The molecular formula is C24H25FN2O5S. The number of hydrogen-bond acceptors (Lipinski definition) is 5. The SMILES string of the molecule is COc1ccccc1OCCNC(=O)c1ccc(N(Cc2ccc(F)cc2)S(C)(=O)=O)cc1. The lowest BCUT2D eigenvalue weighted by molar-refractivity contribution is 0.0947. The molecule has 174 valence electrons. The van der Waals surface area contributed by atoms with Crippen LogP contribution < -0.4 is 19.1 Å². The molecule has 0 fully saturated rings. The van der Waals surface area contributed by atoms with Crippen molar-refractivity contribution in [1.82, 2.24) is 5.32 Å². The van der Waals surface area contributed by atoms with Gasteiger partial charge in [0.25, 0.3) is 5.91 Å². The summed E-state index contributed by atoms with van der Waals surface area (Å²) >= 11 is 0. The van der Waals surface area contributed by atoms with Gasteiger partial charge in [-0.3, -0.25) is 9.10 Å². The summed E-state index contributed by atoms with van der Waals surface area (Å²) in [5.41, 5.74) is 1.42. The van der Waals surface area contributed by atoms with Crippen molar-refractivity contribution in [3.05, 3.63) is 89.7 Å². The summed E-state index contributed by atoms with van der Waals surface area (Å²) in [6.07, 6.45) is 1.10. The molecule has 0 aliphatic heterocycles. The molecule has 3 rings (SSSR count). The molecule has 0 aliphatic rings. The normalized spacial score (nSPS) is 11.0. The number of anilines is 1. The molecule has 0 aromatic heterocycles. The minimum atomic E-state index is -3.60. The summed E-state index contributed by atoms with van der Waals surface area (Å²) in [6.45, 7) is 0.577. The highest BCUT2D eigenvalue weighted by atomic mass is 32.2. The highest BCUT2D eigenvalue weighted by Gasteiger charge is 2.18. The smallest absolute Gasteiger partial charge is 0.251 e. The Morgan fingerprint density at radius 2 is 1.61 bits per heavy atom. The molecule has 0 atom stereocenters. The van der Waals surface area contributed by atoms with Gasteiger partial charge in [0.15, 0.2) is 11.5 Å². The molecule has 0 radical (unpaired) electrons. The number of halogens is 1. The Balaban J connectivity index is 1.60. The van der Waals surface area contributed by atoms with Gasteiger partial charge in [0.05, 0.1) is 32.1 Å². The van der Waals surface area contributed by atoms with Gasteiger partial charge in [-0.25, -0.2) is 12.8 Å². The second kappa shape index (κ2) is 10.8. The summed E-state index contributed by atoms with van der Waals surface area (Å²) in [5.74, 6) is 0.485. The van der Waals surface area contributed by atoms with E-state index in [2.05, 4.69) is 5.32 Å². The molecule has 0 saturated heterocycles. The van der Waals surface area contributed by atoms with Gasteiger partial charge in [-0.05, 0) is 54.1 Å². The zero-order valence-electron chi connectivity index (χ0n) is 18.3. The largest absolute Gasteiger partial charge is 0.493 e. The highest BCUT2D eigenvalue weighted by Crippen LogP contribution is 2.25. The van der Waals surface area contributed by atoms with Crippen LogP contribution in [-0.4, -0.2) is 40.8 Å². The molecule has 9 heteroatoms. The van der Waals surface area contributed by atoms with Crippen molar-refractivity contribution in [2.24, 2.45) is 0 Å². The first-order chi connectivity index (χ1) is 15.8. The summed E-state index contributed by atoms with van der Waals surface area (Å²) in [7, 11) is -2.04. The lowest BCUT2D eigenvalue weighted by atomic mass is 10.1. The van der Waals surface area contributed by atoms with Crippen LogP contribution in [0.3, 0.4) is 0 Å². The summed E-state index contributed by atoms with van der Waals surface area (Å²) < 4.78 is 49.8. The number of carbonyl (C=O) groups excluding carboxylic acids is 1. The van der Waals surface area contributed by atoms with Gasteiger partial charge in [0.2, 0.25) is 10.0 Å². The van der Waals surface area contributed by atoms with Crippen molar-refractivity contribution < 1.29 is 27.1 Å². The number of ether oxygens (including phenoxy) is 2. The van der Waals surface area contributed by atoms with Gasteiger partial charge < -0.3 is 14.8 Å². The van der Waals surface area contributed by atoms with Crippen LogP contribution in [0.25, 0.3) is 0 Å². The number of carbonyl (C=O) groups is 1. The molecule has 0 bridgehead atoms. The van der Waals surface area contributed by atoms with E-state index in [9.17, 15) is 17.6 Å². The molecule has 1 N–H and O–H groups in total. The molecule has 0 unspecified atom stereocenters. The van der Waals surface area contributed by atoms with Crippen molar-refractivity contribution >= 4 is 21.6 Å². The number of nitrogens with one attached hydrogen (secondary N) is 1. The molecule has 7 nitrogen and oxygen atoms in total. The Hall–Kier alpha value is -3.59. The lowest BCUT2D eigenvalue weighted by Crippen LogP contribution is -2.30. The second-order valence-electron chi connectivity index (χ2n) is 7.20. The van der Waals surface area contributed by atoms with E-state index in [1.165, 1.54) is 28.6 Å². The topological polar surface area (TPSA) is 84.9 Å². The van der Waals surface area contributed by atoms with Gasteiger partial charge in [-0.15, -0.1) is 0 Å². The number of rotatable bonds is 10. The molecule has 1 amide bonds. The van der Waals surface area contributed by atoms with Crippen LogP contribution in [-0.2, 0) is 16.6 Å². The van der Waals surface area contributed by atoms with E-state index in [1.54, 1.807) is 43.5 Å². The molecule has 0 heterocycles. The third-order valence-corrected chi connectivity index (χ3v) is 5.91. The number of amides is 1. The maximum absolute atomic E-state index is 13.1. The minimum Gasteiger partial charge on any atom is -0.493 e. The quantitative estimate of drug-likeness (QED) is 0.456. The first-order valence-corrected chi connectivity index (χ1v) is 12.0. The maximum Gasteiger partial charge on any atom is 0.251 e. The van der Waals surface area contributed by atoms with E-state index in [1.807, 2.05) is 12.1 Å². The third-order valence-electron chi connectivity index (χ3n) is 4.77. The fourth-order valence-corrected chi connectivity index (χ4v) is 3.99. The van der Waals surface area contributed by atoms with Crippen LogP contribution in [0.5, 0.6) is 11.5 Å². The fraction of sp³-hybridized carbons (Fsp3) is 0.208.